The van der Waals surface area contributed by atoms with E-state index in [0.717, 1.165) is 17.5 Å². The molecule has 140 valence electrons. The van der Waals surface area contributed by atoms with Crippen LogP contribution in [0, 0.1) is 5.82 Å². The van der Waals surface area contributed by atoms with E-state index in [0.29, 0.717) is 10.6 Å². The van der Waals surface area contributed by atoms with Gasteiger partial charge in [-0.2, -0.15) is 8.42 Å². The van der Waals surface area contributed by atoms with Gasteiger partial charge in [-0.3, -0.25) is 4.72 Å². The fourth-order valence-corrected chi connectivity index (χ4v) is 4.08. The Hall–Kier alpha value is -3.12. The van der Waals surface area contributed by atoms with Crippen molar-refractivity contribution in [2.45, 2.75) is 5.03 Å². The van der Waals surface area contributed by atoms with Crippen molar-refractivity contribution in [2.24, 2.45) is 0 Å². The van der Waals surface area contributed by atoms with Crippen LogP contribution in [0.1, 0.15) is 10.5 Å². The predicted molar refractivity (Wildman–Crippen MR) is 93.9 cm³/mol. The molecular weight excluding hydrogens is 399 g/mol. The molecule has 12 heteroatoms. The molecule has 0 unspecified atom stereocenters. The number of halogens is 1. The van der Waals surface area contributed by atoms with Crippen molar-refractivity contribution < 1.29 is 27.4 Å². The van der Waals surface area contributed by atoms with E-state index in [9.17, 15) is 17.6 Å². The molecule has 0 saturated heterocycles. The number of hydrogen-bond donors (Lipinski definition) is 2. The highest BCUT2D eigenvalue weighted by Gasteiger charge is 2.23. The zero-order chi connectivity index (χ0) is 19.6. The topological polar surface area (TPSA) is 131 Å². The molecule has 0 atom stereocenters. The van der Waals surface area contributed by atoms with E-state index in [1.165, 1.54) is 36.8 Å². The van der Waals surface area contributed by atoms with Crippen LogP contribution in [-0.2, 0) is 10.0 Å². The molecule has 3 aromatic rings. The monoisotopic (exact) mass is 410 g/mol. The number of ether oxygens (including phenoxy) is 1. The van der Waals surface area contributed by atoms with Gasteiger partial charge in [-0.25, -0.2) is 24.1 Å². The third-order valence-corrected chi connectivity index (χ3v) is 5.50. The first-order valence-electron chi connectivity index (χ1n) is 7.19. The van der Waals surface area contributed by atoms with Gasteiger partial charge < -0.3 is 9.84 Å². The Morgan fingerprint density at radius 1 is 1.26 bits per heavy atom. The highest BCUT2D eigenvalue weighted by atomic mass is 32.2. The standard InChI is InChI=1S/C15H11FN4O5S2/c1-25-13-12(17-6-10(18-13)15(21)22)20-27(23,24)11-7-26-14(19-11)8-2-4-9(16)5-3-8/h2-7H,1H3,(H,17,20)(H,21,22). The zero-order valence-electron chi connectivity index (χ0n) is 13.6. The number of sulfonamides is 1. The number of thiazole rings is 1. The first-order valence-corrected chi connectivity index (χ1v) is 9.55. The number of carboxylic acids is 1. The molecule has 2 N–H and O–H groups in total. The van der Waals surface area contributed by atoms with Crippen LogP contribution in [0.4, 0.5) is 10.2 Å². The summed E-state index contributed by atoms with van der Waals surface area (Å²) in [6.07, 6.45) is 0.897. The van der Waals surface area contributed by atoms with Gasteiger partial charge in [0.25, 0.3) is 15.9 Å². The molecule has 0 amide bonds. The van der Waals surface area contributed by atoms with Crippen LogP contribution in [0.5, 0.6) is 5.88 Å². The second-order valence-corrected chi connectivity index (χ2v) is 7.51. The molecule has 0 aliphatic rings. The maximum atomic E-state index is 13.0. The van der Waals surface area contributed by atoms with Crippen molar-refractivity contribution in [1.82, 2.24) is 15.0 Å². The number of aromatic nitrogens is 3. The fraction of sp³-hybridized carbons (Fsp3) is 0.0667. The van der Waals surface area contributed by atoms with E-state index in [4.69, 9.17) is 9.84 Å². The SMILES string of the molecule is COc1nc(C(=O)O)cnc1NS(=O)(=O)c1csc(-c2ccc(F)cc2)n1. The van der Waals surface area contributed by atoms with Crippen LogP contribution in [0.15, 0.2) is 40.9 Å². The smallest absolute Gasteiger partial charge is 0.356 e. The Kier molecular flexibility index (Phi) is 5.01. The Morgan fingerprint density at radius 2 is 1.96 bits per heavy atom. The van der Waals surface area contributed by atoms with E-state index in [1.807, 2.05) is 0 Å². The lowest BCUT2D eigenvalue weighted by Crippen LogP contribution is -2.16. The van der Waals surface area contributed by atoms with E-state index in [-0.39, 0.29) is 16.7 Å². The van der Waals surface area contributed by atoms with Gasteiger partial charge in [0.1, 0.15) is 10.8 Å². The van der Waals surface area contributed by atoms with E-state index in [1.54, 1.807) is 0 Å². The number of nitrogens with zero attached hydrogens (tertiary/aromatic N) is 3. The summed E-state index contributed by atoms with van der Waals surface area (Å²) in [4.78, 5) is 22.4. The van der Waals surface area contributed by atoms with Crippen LogP contribution in [0.25, 0.3) is 10.6 Å². The van der Waals surface area contributed by atoms with Gasteiger partial charge in [-0.05, 0) is 24.3 Å². The molecule has 2 heterocycles. The predicted octanol–water partition coefficient (Wildman–Crippen LogP) is 2.25. The van der Waals surface area contributed by atoms with Crippen LogP contribution in [-0.4, -0.2) is 41.6 Å². The highest BCUT2D eigenvalue weighted by Crippen LogP contribution is 2.28. The Labute approximate surface area is 156 Å². The number of benzene rings is 1. The summed E-state index contributed by atoms with van der Waals surface area (Å²) >= 11 is 1.06. The van der Waals surface area contributed by atoms with Crippen molar-refractivity contribution in [1.29, 1.82) is 0 Å². The minimum Gasteiger partial charge on any atom is -0.478 e. The van der Waals surface area contributed by atoms with E-state index >= 15 is 0 Å². The third-order valence-electron chi connectivity index (χ3n) is 3.23. The van der Waals surface area contributed by atoms with Crippen molar-refractivity contribution >= 4 is 33.1 Å². The summed E-state index contributed by atoms with van der Waals surface area (Å²) in [5, 5.41) is 10.3. The van der Waals surface area contributed by atoms with E-state index < -0.39 is 27.5 Å². The van der Waals surface area contributed by atoms with Crippen molar-refractivity contribution in [3.63, 3.8) is 0 Å². The van der Waals surface area contributed by atoms with Gasteiger partial charge in [0.15, 0.2) is 10.7 Å². The van der Waals surface area contributed by atoms with Crippen LogP contribution >= 0.6 is 11.3 Å². The largest absolute Gasteiger partial charge is 0.478 e. The minimum absolute atomic E-state index is 0.279. The van der Waals surface area contributed by atoms with Crippen LogP contribution in [0.3, 0.4) is 0 Å². The molecule has 0 fully saturated rings. The fourth-order valence-electron chi connectivity index (χ4n) is 1.97. The van der Waals surface area contributed by atoms with E-state index in [2.05, 4.69) is 19.7 Å². The molecule has 0 saturated carbocycles. The summed E-state index contributed by atoms with van der Waals surface area (Å²) in [6.45, 7) is 0. The van der Waals surface area contributed by atoms with Crippen LogP contribution < -0.4 is 9.46 Å². The molecular formula is C15H11FN4O5S2. The molecule has 27 heavy (non-hydrogen) atoms. The number of methoxy groups -OCH3 is 1. The van der Waals surface area contributed by atoms with Crippen molar-refractivity contribution in [3.8, 4) is 16.5 Å². The van der Waals surface area contributed by atoms with Gasteiger partial charge in [-0.15, -0.1) is 11.3 Å². The number of carbonyl (C=O) groups is 1. The molecule has 2 aromatic heterocycles. The molecule has 9 nitrogen and oxygen atoms in total. The Bertz CT molecular complexity index is 1100. The summed E-state index contributed by atoms with van der Waals surface area (Å²) < 4.78 is 45.1. The first-order chi connectivity index (χ1) is 12.8. The van der Waals surface area contributed by atoms with Gasteiger partial charge in [-0.1, -0.05) is 0 Å². The lowest BCUT2D eigenvalue weighted by Gasteiger charge is -2.09. The average molecular weight is 410 g/mol. The lowest BCUT2D eigenvalue weighted by molar-refractivity contribution is 0.0689. The average Bonchev–Trinajstić information content (AvgIpc) is 3.13. The zero-order valence-corrected chi connectivity index (χ0v) is 15.2. The molecule has 0 bridgehead atoms. The molecule has 0 aliphatic carbocycles. The minimum atomic E-state index is -4.13. The normalized spacial score (nSPS) is 11.2. The number of hydrogen-bond acceptors (Lipinski definition) is 8. The molecule has 0 aliphatic heterocycles. The quantitative estimate of drug-likeness (QED) is 0.632. The number of anilines is 1. The maximum Gasteiger partial charge on any atom is 0.356 e. The second kappa shape index (κ2) is 7.25. The molecule has 0 spiro atoms. The number of aromatic carboxylic acids is 1. The van der Waals surface area contributed by atoms with Gasteiger partial charge >= 0.3 is 5.97 Å². The third kappa shape index (κ3) is 4.01. The van der Waals surface area contributed by atoms with Gasteiger partial charge in [0.05, 0.1) is 13.3 Å². The molecule has 3 rings (SSSR count). The second-order valence-electron chi connectivity index (χ2n) is 5.02. The molecule has 1 aromatic carbocycles. The maximum absolute atomic E-state index is 13.0. The molecule has 0 radical (unpaired) electrons. The number of rotatable bonds is 6. The van der Waals surface area contributed by atoms with Gasteiger partial charge in [0, 0.05) is 10.9 Å². The summed E-state index contributed by atoms with van der Waals surface area (Å²) in [5.41, 5.74) is 0.160. The number of carboxylic acid groups (broad SMARTS) is 1. The lowest BCUT2D eigenvalue weighted by atomic mass is 10.2. The first kappa shape index (κ1) is 18.7. The summed E-state index contributed by atoms with van der Waals surface area (Å²) in [5.74, 6) is -2.33. The Balaban J connectivity index is 1.89. The summed E-state index contributed by atoms with van der Waals surface area (Å²) in [6, 6.07) is 5.45. The number of nitrogens with one attached hydrogen (secondary N) is 1. The van der Waals surface area contributed by atoms with Crippen LogP contribution in [0.2, 0.25) is 0 Å². The Morgan fingerprint density at radius 3 is 2.59 bits per heavy atom. The van der Waals surface area contributed by atoms with Crippen molar-refractivity contribution in [2.75, 3.05) is 11.8 Å². The van der Waals surface area contributed by atoms with Crippen molar-refractivity contribution in [3.05, 3.63) is 47.4 Å². The summed E-state index contributed by atoms with van der Waals surface area (Å²) in [7, 11) is -2.93. The highest BCUT2D eigenvalue weighted by molar-refractivity contribution is 7.92. The van der Waals surface area contributed by atoms with Gasteiger partial charge in [0.2, 0.25) is 5.82 Å².